The summed E-state index contributed by atoms with van der Waals surface area (Å²) in [5.74, 6) is 0. The van der Waals surface area contributed by atoms with Crippen LogP contribution in [0.4, 0.5) is 0 Å². The van der Waals surface area contributed by atoms with E-state index in [0.29, 0.717) is 6.61 Å². The fourth-order valence-electron chi connectivity index (χ4n) is 1.52. The van der Waals surface area contributed by atoms with Crippen LogP contribution in [0.1, 0.15) is 39.5 Å². The van der Waals surface area contributed by atoms with Crippen LogP contribution in [0.5, 0.6) is 0 Å². The fraction of sp³-hybridized carbons (Fsp3) is 0.800. The first-order chi connectivity index (χ1) is 5.24. The van der Waals surface area contributed by atoms with Gasteiger partial charge in [0, 0.05) is 6.61 Å². The first-order valence-corrected chi connectivity index (χ1v) is 4.46. The Morgan fingerprint density at radius 2 is 2.09 bits per heavy atom. The first-order valence-electron chi connectivity index (χ1n) is 4.46. The Morgan fingerprint density at radius 1 is 1.45 bits per heavy atom. The van der Waals surface area contributed by atoms with Gasteiger partial charge in [-0.25, -0.2) is 0 Å². The van der Waals surface area contributed by atoms with Gasteiger partial charge in [-0.1, -0.05) is 26.3 Å². The fourth-order valence-corrected chi connectivity index (χ4v) is 1.52. The molecule has 0 saturated heterocycles. The Labute approximate surface area is 70.1 Å². The second-order valence-electron chi connectivity index (χ2n) is 3.25. The summed E-state index contributed by atoms with van der Waals surface area (Å²) in [6.07, 6.45) is 6.14. The van der Waals surface area contributed by atoms with Crippen LogP contribution in [-0.2, 0) is 0 Å². The van der Waals surface area contributed by atoms with Crippen molar-refractivity contribution in [1.29, 1.82) is 0 Å². The summed E-state index contributed by atoms with van der Waals surface area (Å²) in [5.41, 5.74) is 0.122. The van der Waals surface area contributed by atoms with Crippen LogP contribution in [0.2, 0.25) is 0 Å². The van der Waals surface area contributed by atoms with Gasteiger partial charge in [0.05, 0.1) is 0 Å². The van der Waals surface area contributed by atoms with Crippen LogP contribution in [0, 0.1) is 5.41 Å². The maximum Gasteiger partial charge on any atom is 0.0490 e. The third-order valence-electron chi connectivity index (χ3n) is 2.44. The van der Waals surface area contributed by atoms with E-state index in [2.05, 4.69) is 20.4 Å². The Hall–Kier alpha value is -0.300. The predicted molar refractivity (Wildman–Crippen MR) is 49.5 cm³/mol. The summed E-state index contributed by atoms with van der Waals surface area (Å²) >= 11 is 0. The highest BCUT2D eigenvalue weighted by Crippen LogP contribution is 2.31. The third kappa shape index (κ3) is 3.06. The molecule has 0 aliphatic heterocycles. The Balaban J connectivity index is 4.06. The summed E-state index contributed by atoms with van der Waals surface area (Å²) in [5, 5.41) is 9.19. The van der Waals surface area contributed by atoms with Crippen molar-refractivity contribution < 1.29 is 5.11 Å². The zero-order valence-electron chi connectivity index (χ0n) is 7.77. The molecule has 0 aromatic heterocycles. The van der Waals surface area contributed by atoms with E-state index in [4.69, 9.17) is 0 Å². The molecular formula is C10H20O. The van der Waals surface area contributed by atoms with E-state index in [1.165, 1.54) is 0 Å². The Kier molecular flexibility index (Phi) is 5.22. The lowest BCUT2D eigenvalue weighted by atomic mass is 9.79. The SMILES string of the molecule is C=CC[C@@](CC)(CO)CCC. The van der Waals surface area contributed by atoms with Gasteiger partial charge in [0.1, 0.15) is 0 Å². The topological polar surface area (TPSA) is 20.2 Å². The molecule has 0 aromatic rings. The number of hydrogen-bond acceptors (Lipinski definition) is 1. The van der Waals surface area contributed by atoms with Gasteiger partial charge in [0.15, 0.2) is 0 Å². The van der Waals surface area contributed by atoms with E-state index >= 15 is 0 Å². The maximum absolute atomic E-state index is 9.19. The molecule has 0 unspecified atom stereocenters. The van der Waals surface area contributed by atoms with E-state index < -0.39 is 0 Å². The van der Waals surface area contributed by atoms with E-state index in [0.717, 1.165) is 25.7 Å². The van der Waals surface area contributed by atoms with E-state index in [9.17, 15) is 5.11 Å². The zero-order valence-corrected chi connectivity index (χ0v) is 7.77. The van der Waals surface area contributed by atoms with Gasteiger partial charge in [-0.05, 0) is 24.7 Å². The quantitative estimate of drug-likeness (QED) is 0.586. The van der Waals surface area contributed by atoms with Crippen molar-refractivity contribution in [1.82, 2.24) is 0 Å². The molecule has 0 aliphatic rings. The molecule has 1 atom stereocenters. The summed E-state index contributed by atoms with van der Waals surface area (Å²) in [7, 11) is 0. The molecule has 11 heavy (non-hydrogen) atoms. The van der Waals surface area contributed by atoms with E-state index in [1.807, 2.05) is 6.08 Å². The van der Waals surface area contributed by atoms with Gasteiger partial charge in [0.25, 0.3) is 0 Å². The minimum Gasteiger partial charge on any atom is -0.396 e. The lowest BCUT2D eigenvalue weighted by Gasteiger charge is -2.28. The van der Waals surface area contributed by atoms with Crippen LogP contribution in [0.25, 0.3) is 0 Å². The van der Waals surface area contributed by atoms with Gasteiger partial charge in [-0.2, -0.15) is 0 Å². The smallest absolute Gasteiger partial charge is 0.0490 e. The highest BCUT2D eigenvalue weighted by Gasteiger charge is 2.24. The van der Waals surface area contributed by atoms with Crippen molar-refractivity contribution in [3.8, 4) is 0 Å². The molecule has 1 heteroatoms. The minimum atomic E-state index is 0.122. The second-order valence-corrected chi connectivity index (χ2v) is 3.25. The molecule has 1 N–H and O–H groups in total. The molecule has 0 rings (SSSR count). The summed E-state index contributed by atoms with van der Waals surface area (Å²) in [4.78, 5) is 0. The van der Waals surface area contributed by atoms with Crippen LogP contribution in [-0.4, -0.2) is 11.7 Å². The number of hydrogen-bond donors (Lipinski definition) is 1. The molecule has 0 radical (unpaired) electrons. The van der Waals surface area contributed by atoms with Gasteiger partial charge in [-0.15, -0.1) is 6.58 Å². The van der Waals surface area contributed by atoms with Gasteiger partial charge < -0.3 is 5.11 Å². The van der Waals surface area contributed by atoms with Gasteiger partial charge >= 0.3 is 0 Å². The average molecular weight is 156 g/mol. The number of aliphatic hydroxyl groups excluding tert-OH is 1. The Bertz CT molecular complexity index is 103. The highest BCUT2D eigenvalue weighted by atomic mass is 16.3. The van der Waals surface area contributed by atoms with Crippen molar-refractivity contribution in [3.05, 3.63) is 12.7 Å². The average Bonchev–Trinajstić information content (AvgIpc) is 2.04. The molecule has 0 aliphatic carbocycles. The van der Waals surface area contributed by atoms with E-state index in [-0.39, 0.29) is 5.41 Å². The van der Waals surface area contributed by atoms with Crippen molar-refractivity contribution in [3.63, 3.8) is 0 Å². The van der Waals surface area contributed by atoms with Gasteiger partial charge in [0.2, 0.25) is 0 Å². The molecule has 0 spiro atoms. The van der Waals surface area contributed by atoms with Crippen LogP contribution < -0.4 is 0 Å². The number of rotatable bonds is 6. The van der Waals surface area contributed by atoms with Crippen LogP contribution in [0.15, 0.2) is 12.7 Å². The van der Waals surface area contributed by atoms with Crippen molar-refractivity contribution in [2.24, 2.45) is 5.41 Å². The second kappa shape index (κ2) is 5.36. The van der Waals surface area contributed by atoms with Crippen molar-refractivity contribution in [2.45, 2.75) is 39.5 Å². The zero-order chi connectivity index (χ0) is 8.74. The molecule has 0 heterocycles. The standard InChI is InChI=1S/C10H20O/c1-4-7-10(6-3,9-11)8-5-2/h4,11H,1,5-9H2,2-3H3/t10-/m1/s1. The lowest BCUT2D eigenvalue weighted by molar-refractivity contribution is 0.111. The summed E-state index contributed by atoms with van der Waals surface area (Å²) in [6.45, 7) is 8.30. The van der Waals surface area contributed by atoms with Gasteiger partial charge in [-0.3, -0.25) is 0 Å². The first kappa shape index (κ1) is 10.7. The molecule has 1 nitrogen and oxygen atoms in total. The maximum atomic E-state index is 9.19. The largest absolute Gasteiger partial charge is 0.396 e. The minimum absolute atomic E-state index is 0.122. The monoisotopic (exact) mass is 156 g/mol. The molecule has 0 fully saturated rings. The van der Waals surface area contributed by atoms with Crippen LogP contribution in [0.3, 0.4) is 0 Å². The number of allylic oxidation sites excluding steroid dienone is 1. The number of aliphatic hydroxyl groups is 1. The van der Waals surface area contributed by atoms with E-state index in [1.54, 1.807) is 0 Å². The lowest BCUT2D eigenvalue weighted by Crippen LogP contribution is -2.23. The molecule has 66 valence electrons. The Morgan fingerprint density at radius 3 is 2.36 bits per heavy atom. The van der Waals surface area contributed by atoms with Crippen LogP contribution >= 0.6 is 0 Å². The molecule has 0 bridgehead atoms. The molecular weight excluding hydrogens is 136 g/mol. The summed E-state index contributed by atoms with van der Waals surface area (Å²) < 4.78 is 0. The van der Waals surface area contributed by atoms with Crippen molar-refractivity contribution >= 4 is 0 Å². The molecule has 0 amide bonds. The highest BCUT2D eigenvalue weighted by molar-refractivity contribution is 4.84. The van der Waals surface area contributed by atoms with Crippen molar-refractivity contribution in [2.75, 3.05) is 6.61 Å². The summed E-state index contributed by atoms with van der Waals surface area (Å²) in [6, 6.07) is 0. The normalized spacial score (nSPS) is 15.9. The molecule has 0 aromatic carbocycles. The third-order valence-corrected chi connectivity index (χ3v) is 2.44. The molecule has 0 saturated carbocycles. The predicted octanol–water partition coefficient (Wildman–Crippen LogP) is 2.75.